The third kappa shape index (κ3) is 5.07. The number of rotatable bonds is 7. The number of aromatic nitrogens is 3. The summed E-state index contributed by atoms with van der Waals surface area (Å²) in [6, 6.07) is 1.83. The van der Waals surface area contributed by atoms with Gasteiger partial charge >= 0.3 is 0 Å². The van der Waals surface area contributed by atoms with E-state index in [9.17, 15) is 5.11 Å². The summed E-state index contributed by atoms with van der Waals surface area (Å²) in [5.41, 5.74) is 0.876. The predicted octanol–water partition coefficient (Wildman–Crippen LogP) is 3.59. The van der Waals surface area contributed by atoms with E-state index in [4.69, 9.17) is 25.8 Å². The van der Waals surface area contributed by atoms with Crippen LogP contribution >= 0.6 is 23.4 Å². The highest BCUT2D eigenvalue weighted by Crippen LogP contribution is 2.43. The number of halogens is 1. The zero-order chi connectivity index (χ0) is 22.8. The van der Waals surface area contributed by atoms with Crippen LogP contribution in [0.4, 0.5) is 5.82 Å². The predicted molar refractivity (Wildman–Crippen MR) is 125 cm³/mol. The number of hydrogen-bond acceptors (Lipinski definition) is 9. The van der Waals surface area contributed by atoms with Crippen LogP contribution in [0.3, 0.4) is 0 Å². The van der Waals surface area contributed by atoms with E-state index in [1.54, 1.807) is 12.4 Å². The molecule has 0 aromatic carbocycles. The number of aliphatic hydroxyl groups is 1. The molecule has 10 heteroatoms. The number of piperidine rings is 1. The summed E-state index contributed by atoms with van der Waals surface area (Å²) >= 11 is 7.93. The zero-order valence-electron chi connectivity index (χ0n) is 18.7. The van der Waals surface area contributed by atoms with E-state index in [0.717, 1.165) is 49.7 Å². The molecule has 33 heavy (non-hydrogen) atoms. The fraction of sp³-hybridized carbons (Fsp3) is 0.609. The number of aliphatic hydroxyl groups excluding tert-OH is 1. The minimum absolute atomic E-state index is 0.166. The summed E-state index contributed by atoms with van der Waals surface area (Å²) < 4.78 is 16.8. The lowest BCUT2D eigenvalue weighted by atomic mass is 9.77. The van der Waals surface area contributed by atoms with Crippen LogP contribution in [0.2, 0.25) is 5.02 Å². The van der Waals surface area contributed by atoms with Crippen LogP contribution in [0.1, 0.15) is 31.9 Å². The van der Waals surface area contributed by atoms with Gasteiger partial charge in [0.15, 0.2) is 5.82 Å². The zero-order valence-corrected chi connectivity index (χ0v) is 20.3. The summed E-state index contributed by atoms with van der Waals surface area (Å²) in [5, 5.41) is 11.1. The van der Waals surface area contributed by atoms with Gasteiger partial charge in [-0.1, -0.05) is 23.4 Å². The van der Waals surface area contributed by atoms with Crippen LogP contribution in [0, 0.1) is 11.3 Å². The van der Waals surface area contributed by atoms with Gasteiger partial charge < -0.3 is 24.2 Å². The second-order valence-corrected chi connectivity index (χ2v) is 10.6. The average Bonchev–Trinajstić information content (AvgIpc) is 3.15. The highest BCUT2D eigenvalue weighted by molar-refractivity contribution is 7.99. The Hall–Kier alpha value is -1.65. The van der Waals surface area contributed by atoms with Crippen molar-refractivity contribution in [1.82, 2.24) is 15.0 Å². The van der Waals surface area contributed by atoms with Crippen molar-refractivity contribution in [2.45, 2.75) is 48.8 Å². The molecule has 0 unspecified atom stereocenters. The Kier molecular flexibility index (Phi) is 6.94. The first-order valence-corrected chi connectivity index (χ1v) is 12.6. The molecule has 1 N–H and O–H groups in total. The van der Waals surface area contributed by atoms with Crippen LogP contribution in [-0.2, 0) is 16.1 Å². The minimum atomic E-state index is -0.166. The molecule has 1 spiro atoms. The molecule has 3 aliphatic rings. The molecule has 178 valence electrons. The lowest BCUT2D eigenvalue weighted by Crippen LogP contribution is -2.41. The molecular weight excluding hydrogens is 464 g/mol. The largest absolute Gasteiger partial charge is 0.476 e. The van der Waals surface area contributed by atoms with Crippen LogP contribution in [0.25, 0.3) is 0 Å². The maximum absolute atomic E-state index is 10.0. The maximum Gasteiger partial charge on any atom is 0.233 e. The lowest BCUT2D eigenvalue weighted by molar-refractivity contribution is -0.0514. The highest BCUT2D eigenvalue weighted by Gasteiger charge is 2.41. The Labute approximate surface area is 203 Å². The van der Waals surface area contributed by atoms with Crippen molar-refractivity contribution in [2.75, 3.05) is 44.4 Å². The monoisotopic (exact) mass is 492 g/mol. The van der Waals surface area contributed by atoms with Crippen molar-refractivity contribution in [3.63, 3.8) is 0 Å². The van der Waals surface area contributed by atoms with Gasteiger partial charge in [0.25, 0.3) is 0 Å². The van der Waals surface area contributed by atoms with Gasteiger partial charge in [0, 0.05) is 30.1 Å². The minimum Gasteiger partial charge on any atom is -0.476 e. The van der Waals surface area contributed by atoms with Crippen molar-refractivity contribution in [3.05, 3.63) is 29.2 Å². The van der Waals surface area contributed by atoms with E-state index in [1.807, 2.05) is 6.07 Å². The van der Waals surface area contributed by atoms with Crippen LogP contribution in [-0.4, -0.2) is 65.7 Å². The SMILES string of the molecule is C[C@H]1CC2(CCN(c3ncc(Sc4ccnc(OCC5COC5)c4Cl)nc3CO)CC2)CO1. The Bertz CT molecular complexity index is 985. The molecule has 3 saturated heterocycles. The van der Waals surface area contributed by atoms with E-state index in [-0.39, 0.29) is 6.61 Å². The Morgan fingerprint density at radius 3 is 2.79 bits per heavy atom. The number of anilines is 1. The summed E-state index contributed by atoms with van der Waals surface area (Å²) in [7, 11) is 0. The molecule has 5 rings (SSSR count). The van der Waals surface area contributed by atoms with Crippen molar-refractivity contribution in [2.24, 2.45) is 11.3 Å². The first kappa shape index (κ1) is 23.1. The van der Waals surface area contributed by atoms with Crippen molar-refractivity contribution in [3.8, 4) is 5.88 Å². The fourth-order valence-corrected chi connectivity index (χ4v) is 5.76. The molecule has 3 aliphatic heterocycles. The average molecular weight is 493 g/mol. The number of nitrogens with zero attached hydrogens (tertiary/aromatic N) is 4. The molecule has 0 saturated carbocycles. The van der Waals surface area contributed by atoms with E-state index in [2.05, 4.69) is 26.8 Å². The standard InChI is InChI=1S/C23H29ClN4O4S/c1-15-8-23(14-32-15)3-6-28(7-4-23)21-17(10-29)27-19(9-26-21)33-18-2-5-25-22(20(18)24)31-13-16-11-30-12-16/h2,5,9,15-16,29H,3-4,6-8,10-14H2,1H3/t15-/m0/s1. The van der Waals surface area contributed by atoms with Crippen LogP contribution in [0.5, 0.6) is 5.88 Å². The summed E-state index contributed by atoms with van der Waals surface area (Å²) in [6.07, 6.45) is 7.03. The van der Waals surface area contributed by atoms with E-state index in [0.29, 0.717) is 58.9 Å². The highest BCUT2D eigenvalue weighted by atomic mass is 35.5. The van der Waals surface area contributed by atoms with Gasteiger partial charge in [-0.05, 0) is 37.7 Å². The van der Waals surface area contributed by atoms with Gasteiger partial charge in [-0.3, -0.25) is 0 Å². The molecule has 0 amide bonds. The van der Waals surface area contributed by atoms with Gasteiger partial charge in [-0.2, -0.15) is 0 Å². The summed E-state index contributed by atoms with van der Waals surface area (Å²) in [6.45, 7) is 6.59. The molecule has 1 atom stereocenters. The summed E-state index contributed by atoms with van der Waals surface area (Å²) in [5.74, 6) is 1.56. The smallest absolute Gasteiger partial charge is 0.233 e. The Morgan fingerprint density at radius 1 is 1.30 bits per heavy atom. The van der Waals surface area contributed by atoms with Crippen LogP contribution < -0.4 is 9.64 Å². The first-order valence-electron chi connectivity index (χ1n) is 11.4. The molecule has 0 radical (unpaired) electrons. The third-order valence-electron chi connectivity index (χ3n) is 6.67. The Balaban J connectivity index is 1.26. The second-order valence-electron chi connectivity index (χ2n) is 9.19. The normalized spacial score (nSPS) is 22.5. The molecule has 3 fully saturated rings. The van der Waals surface area contributed by atoms with Gasteiger partial charge in [0.2, 0.25) is 5.88 Å². The Morgan fingerprint density at radius 2 is 2.12 bits per heavy atom. The van der Waals surface area contributed by atoms with Gasteiger partial charge in [-0.15, -0.1) is 0 Å². The van der Waals surface area contributed by atoms with Crippen molar-refractivity contribution >= 4 is 29.2 Å². The quantitative estimate of drug-likeness (QED) is 0.622. The fourth-order valence-electron chi connectivity index (χ4n) is 4.69. The van der Waals surface area contributed by atoms with E-state index < -0.39 is 0 Å². The summed E-state index contributed by atoms with van der Waals surface area (Å²) in [4.78, 5) is 16.6. The van der Waals surface area contributed by atoms with Gasteiger partial charge in [0.1, 0.15) is 15.7 Å². The molecule has 0 aliphatic carbocycles. The molecule has 0 bridgehead atoms. The topological polar surface area (TPSA) is 89.8 Å². The maximum atomic E-state index is 10.0. The molecule has 5 heterocycles. The number of hydrogen-bond donors (Lipinski definition) is 1. The number of ether oxygens (including phenoxy) is 3. The molecular formula is C23H29ClN4O4S. The molecule has 8 nitrogen and oxygen atoms in total. The van der Waals surface area contributed by atoms with E-state index in [1.165, 1.54) is 11.8 Å². The van der Waals surface area contributed by atoms with Crippen LogP contribution in [0.15, 0.2) is 28.4 Å². The third-order valence-corrected chi connectivity index (χ3v) is 8.11. The van der Waals surface area contributed by atoms with Crippen molar-refractivity contribution < 1.29 is 19.3 Å². The van der Waals surface area contributed by atoms with Gasteiger partial charge in [-0.25, -0.2) is 15.0 Å². The number of pyridine rings is 1. The molecule has 2 aromatic heterocycles. The van der Waals surface area contributed by atoms with Gasteiger partial charge in [0.05, 0.1) is 45.3 Å². The second kappa shape index (κ2) is 9.92. The molecule has 2 aromatic rings. The van der Waals surface area contributed by atoms with Crippen molar-refractivity contribution in [1.29, 1.82) is 0 Å². The first-order chi connectivity index (χ1) is 16.0. The lowest BCUT2D eigenvalue weighted by Gasteiger charge is -2.39. The van der Waals surface area contributed by atoms with E-state index >= 15 is 0 Å².